The van der Waals surface area contributed by atoms with Crippen LogP contribution in [0.15, 0.2) is 29.1 Å². The molecule has 0 bridgehead atoms. The van der Waals surface area contributed by atoms with Crippen LogP contribution in [0.1, 0.15) is 32.5 Å². The Morgan fingerprint density at radius 3 is 2.70 bits per heavy atom. The summed E-state index contributed by atoms with van der Waals surface area (Å²) in [6.07, 6.45) is 1.70. The van der Waals surface area contributed by atoms with Crippen LogP contribution in [0.4, 0.5) is 0 Å². The molecule has 108 valence electrons. The fourth-order valence-electron chi connectivity index (χ4n) is 2.01. The fourth-order valence-corrected chi connectivity index (χ4v) is 2.01. The van der Waals surface area contributed by atoms with Gasteiger partial charge in [-0.15, -0.1) is 0 Å². The summed E-state index contributed by atoms with van der Waals surface area (Å²) in [4.78, 5) is 19.0. The van der Waals surface area contributed by atoms with Gasteiger partial charge in [-0.2, -0.15) is 0 Å². The Kier molecular flexibility index (Phi) is 4.52. The van der Waals surface area contributed by atoms with Crippen molar-refractivity contribution >= 4 is 10.9 Å². The third-order valence-corrected chi connectivity index (χ3v) is 3.70. The molecule has 2 aromatic rings. The lowest BCUT2D eigenvalue weighted by Crippen LogP contribution is -2.43. The van der Waals surface area contributed by atoms with E-state index in [-0.39, 0.29) is 17.7 Å². The van der Waals surface area contributed by atoms with E-state index in [0.29, 0.717) is 23.3 Å². The average Bonchev–Trinajstić information content (AvgIpc) is 2.47. The highest BCUT2D eigenvalue weighted by Crippen LogP contribution is 2.12. The van der Waals surface area contributed by atoms with Crippen molar-refractivity contribution in [3.05, 3.63) is 40.4 Å². The van der Waals surface area contributed by atoms with E-state index in [9.17, 15) is 4.79 Å². The first-order valence-corrected chi connectivity index (χ1v) is 6.92. The maximum atomic E-state index is 11.9. The lowest BCUT2D eigenvalue weighted by atomic mass is 9.96. The Hall–Kier alpha value is -1.72. The topological polar surface area (TPSA) is 81.0 Å². The summed E-state index contributed by atoms with van der Waals surface area (Å²) >= 11 is 0. The monoisotopic (exact) mass is 275 g/mol. The Morgan fingerprint density at radius 2 is 2.00 bits per heavy atom. The zero-order valence-corrected chi connectivity index (χ0v) is 12.0. The molecular weight excluding hydrogens is 254 g/mol. The van der Waals surface area contributed by atoms with Gasteiger partial charge in [0.2, 0.25) is 0 Å². The zero-order valence-electron chi connectivity index (χ0n) is 12.0. The number of nitrogens with zero attached hydrogens (tertiary/aromatic N) is 1. The van der Waals surface area contributed by atoms with Gasteiger partial charge in [-0.25, -0.2) is 4.98 Å². The van der Waals surface area contributed by atoms with Gasteiger partial charge in [-0.1, -0.05) is 26.0 Å². The molecule has 0 spiro atoms. The predicted molar refractivity (Wildman–Crippen MR) is 79.5 cm³/mol. The molecule has 0 amide bonds. The predicted octanol–water partition coefficient (Wildman–Crippen LogP) is 1.96. The molecule has 1 heterocycles. The second-order valence-electron chi connectivity index (χ2n) is 5.09. The van der Waals surface area contributed by atoms with Gasteiger partial charge in [0, 0.05) is 5.54 Å². The molecule has 0 aliphatic carbocycles. The Morgan fingerprint density at radius 1 is 1.30 bits per heavy atom. The van der Waals surface area contributed by atoms with Crippen LogP contribution in [0.3, 0.4) is 0 Å². The lowest BCUT2D eigenvalue weighted by Gasteiger charge is -2.26. The van der Waals surface area contributed by atoms with Gasteiger partial charge in [0.1, 0.15) is 12.4 Å². The molecular formula is C15H21N3O2. The highest BCUT2D eigenvalue weighted by Gasteiger charge is 2.20. The molecule has 0 fully saturated rings. The summed E-state index contributed by atoms with van der Waals surface area (Å²) in [7, 11) is 0. The van der Waals surface area contributed by atoms with Crippen molar-refractivity contribution in [3.63, 3.8) is 0 Å². The minimum Gasteiger partial charge on any atom is -0.372 e. The zero-order chi connectivity index (χ0) is 14.6. The maximum absolute atomic E-state index is 11.9. The summed E-state index contributed by atoms with van der Waals surface area (Å²) in [5.74, 6) is 0.531. The van der Waals surface area contributed by atoms with Crippen LogP contribution in [-0.2, 0) is 11.3 Å². The first-order valence-electron chi connectivity index (χ1n) is 6.92. The number of para-hydroxylation sites is 1. The maximum Gasteiger partial charge on any atom is 0.258 e. The molecule has 0 saturated carbocycles. The molecule has 0 aliphatic heterocycles. The van der Waals surface area contributed by atoms with Gasteiger partial charge >= 0.3 is 0 Å². The number of aromatic amines is 1. The van der Waals surface area contributed by atoms with Crippen LogP contribution < -0.4 is 11.3 Å². The summed E-state index contributed by atoms with van der Waals surface area (Å²) in [6, 6.07) is 7.25. The van der Waals surface area contributed by atoms with Crippen LogP contribution in [0.2, 0.25) is 0 Å². The van der Waals surface area contributed by atoms with Crippen molar-refractivity contribution < 1.29 is 4.74 Å². The van der Waals surface area contributed by atoms with E-state index < -0.39 is 0 Å². The van der Waals surface area contributed by atoms with E-state index in [2.05, 4.69) is 9.97 Å². The normalized spacial score (nSPS) is 11.9. The van der Waals surface area contributed by atoms with Crippen LogP contribution in [0.5, 0.6) is 0 Å². The minimum atomic E-state index is -0.308. The number of aromatic nitrogens is 2. The van der Waals surface area contributed by atoms with E-state index >= 15 is 0 Å². The summed E-state index contributed by atoms with van der Waals surface area (Å²) in [5.41, 5.74) is 6.40. The molecule has 5 heteroatoms. The van der Waals surface area contributed by atoms with Gasteiger partial charge in [0.25, 0.3) is 5.56 Å². The van der Waals surface area contributed by atoms with Crippen molar-refractivity contribution in [1.82, 2.24) is 9.97 Å². The van der Waals surface area contributed by atoms with Crippen LogP contribution in [0.25, 0.3) is 10.9 Å². The molecule has 1 aromatic carbocycles. The number of H-pyrrole nitrogens is 1. The highest BCUT2D eigenvalue weighted by molar-refractivity contribution is 5.77. The SMILES string of the molecule is CCC(N)(CC)COCc1nc2ccccc2c(=O)[nH]1. The van der Waals surface area contributed by atoms with Gasteiger partial charge in [0.05, 0.1) is 17.5 Å². The van der Waals surface area contributed by atoms with Crippen molar-refractivity contribution in [2.24, 2.45) is 5.73 Å². The molecule has 2 rings (SSSR count). The number of fused-ring (bicyclic) bond motifs is 1. The molecule has 0 radical (unpaired) electrons. The van der Waals surface area contributed by atoms with Gasteiger partial charge in [-0.3, -0.25) is 4.79 Å². The molecule has 3 N–H and O–H groups in total. The molecule has 5 nitrogen and oxygen atoms in total. The number of rotatable bonds is 6. The van der Waals surface area contributed by atoms with E-state index in [1.54, 1.807) is 6.07 Å². The van der Waals surface area contributed by atoms with Crippen LogP contribution in [-0.4, -0.2) is 22.1 Å². The summed E-state index contributed by atoms with van der Waals surface area (Å²) in [6.45, 7) is 4.81. The average molecular weight is 275 g/mol. The minimum absolute atomic E-state index is 0.140. The van der Waals surface area contributed by atoms with Gasteiger partial charge in [0.15, 0.2) is 0 Å². The van der Waals surface area contributed by atoms with E-state index in [1.165, 1.54) is 0 Å². The number of benzene rings is 1. The van der Waals surface area contributed by atoms with Crippen molar-refractivity contribution in [1.29, 1.82) is 0 Å². The molecule has 0 saturated heterocycles. The first kappa shape index (κ1) is 14.7. The number of hydrogen-bond acceptors (Lipinski definition) is 4. The number of hydrogen-bond donors (Lipinski definition) is 2. The second-order valence-corrected chi connectivity index (χ2v) is 5.09. The summed E-state index contributed by atoms with van der Waals surface area (Å²) in [5, 5.41) is 0.589. The van der Waals surface area contributed by atoms with Crippen LogP contribution >= 0.6 is 0 Å². The number of nitrogens with two attached hydrogens (primary N) is 1. The van der Waals surface area contributed by atoms with E-state index in [0.717, 1.165) is 12.8 Å². The van der Waals surface area contributed by atoms with Crippen LogP contribution in [0, 0.1) is 0 Å². The Labute approximate surface area is 118 Å². The fraction of sp³-hybridized carbons (Fsp3) is 0.467. The third kappa shape index (κ3) is 3.23. The first-order chi connectivity index (χ1) is 9.58. The lowest BCUT2D eigenvalue weighted by molar-refractivity contribution is 0.0658. The Balaban J connectivity index is 2.09. The van der Waals surface area contributed by atoms with Crippen molar-refractivity contribution in [2.45, 2.75) is 38.8 Å². The molecule has 1 aromatic heterocycles. The molecule has 20 heavy (non-hydrogen) atoms. The smallest absolute Gasteiger partial charge is 0.258 e. The Bertz CT molecular complexity index is 632. The summed E-state index contributed by atoms with van der Waals surface area (Å²) < 4.78 is 5.61. The van der Waals surface area contributed by atoms with Crippen molar-refractivity contribution in [3.8, 4) is 0 Å². The second kappa shape index (κ2) is 6.15. The number of ether oxygens (including phenoxy) is 1. The highest BCUT2D eigenvalue weighted by atomic mass is 16.5. The quantitative estimate of drug-likeness (QED) is 0.844. The molecule has 0 aliphatic rings. The number of nitrogens with one attached hydrogen (secondary N) is 1. The standard InChI is InChI=1S/C15H21N3O2/c1-3-15(16,4-2)10-20-9-13-17-12-8-6-5-7-11(12)14(19)18-13/h5-8H,3-4,9-10,16H2,1-2H3,(H,17,18,19). The van der Waals surface area contributed by atoms with Crippen molar-refractivity contribution in [2.75, 3.05) is 6.61 Å². The van der Waals surface area contributed by atoms with Gasteiger partial charge < -0.3 is 15.5 Å². The van der Waals surface area contributed by atoms with Gasteiger partial charge in [-0.05, 0) is 25.0 Å². The largest absolute Gasteiger partial charge is 0.372 e. The van der Waals surface area contributed by atoms with E-state index in [4.69, 9.17) is 10.5 Å². The van der Waals surface area contributed by atoms with E-state index in [1.807, 2.05) is 32.0 Å². The molecule has 0 unspecified atom stereocenters. The molecule has 0 atom stereocenters. The third-order valence-electron chi connectivity index (χ3n) is 3.70.